The first-order chi connectivity index (χ1) is 8.43. The Kier molecular flexibility index (Phi) is 5.12. The molecule has 0 bridgehead atoms. The van der Waals surface area contributed by atoms with E-state index in [1.165, 1.54) is 12.3 Å². The highest BCUT2D eigenvalue weighted by Crippen LogP contribution is 2.27. The smallest absolute Gasteiger partial charge is 0.433 e. The van der Waals surface area contributed by atoms with Gasteiger partial charge in [0.1, 0.15) is 5.69 Å². The van der Waals surface area contributed by atoms with Crippen molar-refractivity contribution in [3.63, 3.8) is 0 Å². The first-order valence-electron chi connectivity index (χ1n) is 5.61. The second-order valence-electron chi connectivity index (χ2n) is 3.71. The number of ether oxygens (including phenoxy) is 1. The molecule has 0 saturated heterocycles. The number of hydrogen-bond donors (Lipinski definition) is 0. The zero-order valence-electron chi connectivity index (χ0n) is 9.96. The Morgan fingerprint density at radius 2 is 2.11 bits per heavy atom. The normalized spacial score (nSPS) is 11.3. The predicted molar refractivity (Wildman–Crippen MR) is 58.8 cm³/mol. The van der Waals surface area contributed by atoms with Crippen molar-refractivity contribution < 1.29 is 22.7 Å². The molecule has 0 atom stereocenters. The zero-order chi connectivity index (χ0) is 13.6. The molecule has 1 aromatic heterocycles. The fraction of sp³-hybridized carbons (Fsp3) is 0.500. The van der Waals surface area contributed by atoms with Crippen LogP contribution in [0, 0.1) is 0 Å². The molecule has 0 aromatic carbocycles. The van der Waals surface area contributed by atoms with E-state index in [1.54, 1.807) is 6.92 Å². The number of pyridine rings is 1. The van der Waals surface area contributed by atoms with Gasteiger partial charge in [-0.3, -0.25) is 9.78 Å². The summed E-state index contributed by atoms with van der Waals surface area (Å²) in [6, 6.07) is 2.32. The highest BCUT2D eigenvalue weighted by Gasteiger charge is 2.31. The van der Waals surface area contributed by atoms with Crippen LogP contribution in [0.4, 0.5) is 13.2 Å². The van der Waals surface area contributed by atoms with Gasteiger partial charge in [0.15, 0.2) is 0 Å². The number of aromatic nitrogens is 1. The van der Waals surface area contributed by atoms with Gasteiger partial charge in [0, 0.05) is 12.6 Å². The second-order valence-corrected chi connectivity index (χ2v) is 3.71. The molecule has 100 valence electrons. The van der Waals surface area contributed by atoms with Gasteiger partial charge in [0.25, 0.3) is 0 Å². The molecule has 0 amide bonds. The van der Waals surface area contributed by atoms with E-state index in [4.69, 9.17) is 4.74 Å². The summed E-state index contributed by atoms with van der Waals surface area (Å²) in [5, 5.41) is 0. The van der Waals surface area contributed by atoms with Gasteiger partial charge in [-0.1, -0.05) is 6.07 Å². The average Bonchev–Trinajstić information content (AvgIpc) is 2.29. The molecule has 3 nitrogen and oxygen atoms in total. The van der Waals surface area contributed by atoms with Crippen LogP contribution in [-0.2, 0) is 22.1 Å². The van der Waals surface area contributed by atoms with Gasteiger partial charge in [-0.05, 0) is 31.4 Å². The third-order valence-electron chi connectivity index (χ3n) is 2.27. The van der Waals surface area contributed by atoms with Crippen molar-refractivity contribution >= 4 is 5.97 Å². The molecule has 0 aliphatic carbocycles. The van der Waals surface area contributed by atoms with Gasteiger partial charge in [-0.15, -0.1) is 0 Å². The summed E-state index contributed by atoms with van der Waals surface area (Å²) in [7, 11) is 0. The third-order valence-corrected chi connectivity index (χ3v) is 2.27. The van der Waals surface area contributed by atoms with E-state index in [2.05, 4.69) is 4.98 Å². The van der Waals surface area contributed by atoms with Gasteiger partial charge >= 0.3 is 12.1 Å². The Morgan fingerprint density at radius 3 is 2.61 bits per heavy atom. The number of aryl methyl sites for hydroxylation is 1. The van der Waals surface area contributed by atoms with E-state index in [0.717, 1.165) is 6.07 Å². The molecule has 0 N–H and O–H groups in total. The highest BCUT2D eigenvalue weighted by atomic mass is 19.4. The van der Waals surface area contributed by atoms with Crippen LogP contribution in [0.3, 0.4) is 0 Å². The number of carbonyl (C=O) groups excluding carboxylic acids is 1. The van der Waals surface area contributed by atoms with E-state index in [-0.39, 0.29) is 12.4 Å². The quantitative estimate of drug-likeness (QED) is 0.765. The fourth-order valence-electron chi connectivity index (χ4n) is 1.41. The van der Waals surface area contributed by atoms with E-state index in [1.807, 2.05) is 0 Å². The van der Waals surface area contributed by atoms with Crippen molar-refractivity contribution in [2.45, 2.75) is 32.4 Å². The molecule has 18 heavy (non-hydrogen) atoms. The number of halogens is 3. The molecule has 1 rings (SSSR count). The molecule has 1 aromatic rings. The van der Waals surface area contributed by atoms with Crippen molar-refractivity contribution in [1.82, 2.24) is 4.98 Å². The summed E-state index contributed by atoms with van der Waals surface area (Å²) in [5.41, 5.74) is -0.232. The van der Waals surface area contributed by atoms with Crippen LogP contribution in [0.25, 0.3) is 0 Å². The van der Waals surface area contributed by atoms with Gasteiger partial charge in [-0.2, -0.15) is 13.2 Å². The molecular formula is C12H14F3NO2. The Morgan fingerprint density at radius 1 is 1.39 bits per heavy atom. The molecule has 1 heterocycles. The van der Waals surface area contributed by atoms with Crippen LogP contribution in [0.2, 0.25) is 0 Å². The van der Waals surface area contributed by atoms with Crippen LogP contribution in [-0.4, -0.2) is 17.6 Å². The number of alkyl halides is 3. The number of carbonyl (C=O) groups is 1. The Bertz CT molecular complexity index is 387. The van der Waals surface area contributed by atoms with E-state index in [9.17, 15) is 18.0 Å². The van der Waals surface area contributed by atoms with Crippen molar-refractivity contribution in [2.24, 2.45) is 0 Å². The summed E-state index contributed by atoms with van der Waals surface area (Å²) in [6.45, 7) is 2.05. The minimum atomic E-state index is -4.41. The van der Waals surface area contributed by atoms with Crippen molar-refractivity contribution in [2.75, 3.05) is 6.61 Å². The van der Waals surface area contributed by atoms with E-state index >= 15 is 0 Å². The standard InChI is InChI=1S/C12H14F3NO2/c1-2-18-11(17)5-3-4-9-6-7-10(16-8-9)12(13,14)15/h6-8H,2-5H2,1H3. The summed E-state index contributed by atoms with van der Waals surface area (Å²) < 4.78 is 41.5. The topological polar surface area (TPSA) is 39.2 Å². The molecule has 0 spiro atoms. The lowest BCUT2D eigenvalue weighted by atomic mass is 10.1. The largest absolute Gasteiger partial charge is 0.466 e. The van der Waals surface area contributed by atoms with Crippen LogP contribution in [0.1, 0.15) is 31.0 Å². The first-order valence-corrected chi connectivity index (χ1v) is 5.61. The molecular weight excluding hydrogens is 247 g/mol. The van der Waals surface area contributed by atoms with E-state index in [0.29, 0.717) is 25.0 Å². The maximum atomic E-state index is 12.2. The van der Waals surface area contributed by atoms with Crippen molar-refractivity contribution in [1.29, 1.82) is 0 Å². The molecule has 0 aliphatic heterocycles. The number of hydrogen-bond acceptors (Lipinski definition) is 3. The Balaban J connectivity index is 2.42. The van der Waals surface area contributed by atoms with Crippen LogP contribution in [0.5, 0.6) is 0 Å². The average molecular weight is 261 g/mol. The summed E-state index contributed by atoms with van der Waals surface area (Å²) in [5.74, 6) is -0.294. The number of nitrogens with zero attached hydrogens (tertiary/aromatic N) is 1. The lowest BCUT2D eigenvalue weighted by Gasteiger charge is -2.06. The minimum absolute atomic E-state index is 0.259. The van der Waals surface area contributed by atoms with Gasteiger partial charge in [0.2, 0.25) is 0 Å². The molecule has 0 saturated carbocycles. The lowest BCUT2D eigenvalue weighted by Crippen LogP contribution is -2.08. The molecule has 0 fully saturated rings. The fourth-order valence-corrected chi connectivity index (χ4v) is 1.41. The third kappa shape index (κ3) is 4.73. The number of rotatable bonds is 5. The zero-order valence-corrected chi connectivity index (χ0v) is 9.96. The monoisotopic (exact) mass is 261 g/mol. The van der Waals surface area contributed by atoms with Gasteiger partial charge in [0.05, 0.1) is 6.61 Å². The van der Waals surface area contributed by atoms with Crippen LogP contribution >= 0.6 is 0 Å². The molecule has 0 aliphatic rings. The molecule has 0 radical (unpaired) electrons. The van der Waals surface area contributed by atoms with Crippen LogP contribution < -0.4 is 0 Å². The van der Waals surface area contributed by atoms with Gasteiger partial charge < -0.3 is 4.74 Å². The van der Waals surface area contributed by atoms with Crippen LogP contribution in [0.15, 0.2) is 18.3 Å². The predicted octanol–water partition coefficient (Wildman–Crippen LogP) is 2.99. The van der Waals surface area contributed by atoms with Crippen molar-refractivity contribution in [3.8, 4) is 0 Å². The first kappa shape index (κ1) is 14.5. The summed E-state index contributed by atoms with van der Waals surface area (Å²) in [6.07, 6.45) is -1.93. The SMILES string of the molecule is CCOC(=O)CCCc1ccc(C(F)(F)F)nc1. The van der Waals surface area contributed by atoms with Gasteiger partial charge in [-0.25, -0.2) is 0 Å². The lowest BCUT2D eigenvalue weighted by molar-refractivity contribution is -0.143. The highest BCUT2D eigenvalue weighted by molar-refractivity contribution is 5.69. The molecule has 6 heteroatoms. The maximum absolute atomic E-state index is 12.2. The van der Waals surface area contributed by atoms with Crippen molar-refractivity contribution in [3.05, 3.63) is 29.6 Å². The number of esters is 1. The Hall–Kier alpha value is -1.59. The maximum Gasteiger partial charge on any atom is 0.433 e. The minimum Gasteiger partial charge on any atom is -0.466 e. The molecule has 0 unspecified atom stereocenters. The van der Waals surface area contributed by atoms with E-state index < -0.39 is 11.9 Å². The second kappa shape index (κ2) is 6.37. The Labute approximate surface area is 103 Å². The summed E-state index contributed by atoms with van der Waals surface area (Å²) >= 11 is 0. The summed E-state index contributed by atoms with van der Waals surface area (Å²) in [4.78, 5) is 14.4.